The first kappa shape index (κ1) is 31.2. The van der Waals surface area contributed by atoms with Crippen LogP contribution < -0.4 is 5.73 Å². The van der Waals surface area contributed by atoms with Gasteiger partial charge in [0.05, 0.1) is 17.5 Å². The number of oxime groups is 1. The highest BCUT2D eigenvalue weighted by molar-refractivity contribution is 8.14. The van der Waals surface area contributed by atoms with Crippen molar-refractivity contribution in [2.24, 2.45) is 39.6 Å². The van der Waals surface area contributed by atoms with Crippen LogP contribution in [-0.2, 0) is 34.1 Å². The Morgan fingerprint density at radius 2 is 2.07 bits per heavy atom. The average molecular weight is 613 g/mol. The number of ketones is 3. The lowest BCUT2D eigenvalue weighted by Gasteiger charge is -2.33. The molecule has 0 radical (unpaired) electrons. The topological polar surface area (TPSA) is 195 Å². The number of aliphatic imine (C=N–C) groups is 1. The summed E-state index contributed by atoms with van der Waals surface area (Å²) in [6.07, 6.45) is 2.22. The number of thioether (sulfide) groups is 1. The van der Waals surface area contributed by atoms with E-state index in [1.165, 1.54) is 30.5 Å². The third-order valence-electron chi connectivity index (χ3n) is 8.55. The van der Waals surface area contributed by atoms with Crippen LogP contribution in [0.2, 0.25) is 0 Å². The van der Waals surface area contributed by atoms with Crippen molar-refractivity contribution in [1.29, 1.82) is 0 Å². The minimum atomic E-state index is -4.48. The van der Waals surface area contributed by atoms with E-state index in [4.69, 9.17) is 15.3 Å². The van der Waals surface area contributed by atoms with Crippen LogP contribution in [0.1, 0.15) is 52.9 Å². The molecule has 2 aliphatic heterocycles. The van der Waals surface area contributed by atoms with E-state index >= 15 is 0 Å². The highest BCUT2D eigenvalue weighted by atomic mass is 32.2. The Kier molecular flexibility index (Phi) is 9.29. The van der Waals surface area contributed by atoms with Gasteiger partial charge in [0.15, 0.2) is 28.0 Å². The molecule has 0 bridgehead atoms. The molecular formula is C26H36N4O9S2. The van der Waals surface area contributed by atoms with E-state index in [9.17, 15) is 32.1 Å². The van der Waals surface area contributed by atoms with Crippen molar-refractivity contribution in [3.63, 3.8) is 0 Å². The van der Waals surface area contributed by atoms with Crippen molar-refractivity contribution < 1.29 is 41.7 Å². The molecule has 0 aromatic heterocycles. The predicted octanol–water partition coefficient (Wildman–Crippen LogP) is 1.96. The molecule has 13 nitrogen and oxygen atoms in total. The minimum absolute atomic E-state index is 0.0544. The predicted molar refractivity (Wildman–Crippen MR) is 151 cm³/mol. The van der Waals surface area contributed by atoms with Crippen LogP contribution in [0, 0.1) is 23.7 Å². The Hall–Kier alpha value is -2.78. The van der Waals surface area contributed by atoms with Crippen molar-refractivity contribution in [2.45, 2.75) is 63.7 Å². The van der Waals surface area contributed by atoms with Gasteiger partial charge in [0, 0.05) is 43.9 Å². The van der Waals surface area contributed by atoms with E-state index in [0.717, 1.165) is 0 Å². The lowest BCUT2D eigenvalue weighted by molar-refractivity contribution is -0.131. The van der Waals surface area contributed by atoms with Gasteiger partial charge in [0.1, 0.15) is 12.4 Å². The van der Waals surface area contributed by atoms with E-state index in [2.05, 4.69) is 10.1 Å². The van der Waals surface area contributed by atoms with Gasteiger partial charge in [-0.2, -0.15) is 8.42 Å². The fourth-order valence-electron chi connectivity index (χ4n) is 5.87. The molecule has 226 valence electrons. The van der Waals surface area contributed by atoms with Crippen LogP contribution in [0.25, 0.3) is 0 Å². The third-order valence-corrected chi connectivity index (χ3v) is 10.6. The summed E-state index contributed by atoms with van der Waals surface area (Å²) in [5, 5.41) is 3.09. The van der Waals surface area contributed by atoms with Gasteiger partial charge in [0.2, 0.25) is 0 Å². The van der Waals surface area contributed by atoms with Gasteiger partial charge in [-0.05, 0) is 37.7 Å². The first-order chi connectivity index (χ1) is 19.3. The molecule has 4 aliphatic rings. The smallest absolute Gasteiger partial charge is 0.409 e. The van der Waals surface area contributed by atoms with Crippen molar-refractivity contribution >= 4 is 56.2 Å². The molecule has 4 rings (SSSR count). The first-order valence-electron chi connectivity index (χ1n) is 13.7. The molecule has 1 amide bonds. The second-order valence-electron chi connectivity index (χ2n) is 11.0. The number of rotatable bonds is 13. The number of cyclic esters (lactones) is 1. The van der Waals surface area contributed by atoms with E-state index in [-0.39, 0.29) is 60.7 Å². The largest absolute Gasteiger partial charge is 0.448 e. The Bertz CT molecular complexity index is 1310. The van der Waals surface area contributed by atoms with E-state index in [0.29, 0.717) is 25.0 Å². The maximum atomic E-state index is 13.8. The maximum absolute atomic E-state index is 13.8. The summed E-state index contributed by atoms with van der Waals surface area (Å²) < 4.78 is 39.0. The molecule has 2 aliphatic carbocycles. The highest BCUT2D eigenvalue weighted by Gasteiger charge is 2.53. The van der Waals surface area contributed by atoms with Crippen molar-refractivity contribution in [3.8, 4) is 0 Å². The highest BCUT2D eigenvalue weighted by Crippen LogP contribution is 2.45. The average Bonchev–Trinajstić information content (AvgIpc) is 3.50. The number of amides is 1. The number of allylic oxidation sites excluding steroid dienone is 1. The molecule has 5 atom stereocenters. The molecule has 15 heteroatoms. The number of nitrogens with two attached hydrogens (primary N) is 1. The molecule has 2 heterocycles. The number of carbonyl (C=O) groups excluding carboxylic acids is 4. The number of nitrogens with zero attached hydrogens (tertiary/aromatic N) is 3. The van der Waals surface area contributed by atoms with Gasteiger partial charge in [-0.15, -0.1) is 0 Å². The van der Waals surface area contributed by atoms with Gasteiger partial charge in [0.25, 0.3) is 10.1 Å². The van der Waals surface area contributed by atoms with Crippen LogP contribution in [0.4, 0.5) is 4.79 Å². The van der Waals surface area contributed by atoms with Gasteiger partial charge >= 0.3 is 6.09 Å². The maximum Gasteiger partial charge on any atom is 0.409 e. The summed E-state index contributed by atoms with van der Waals surface area (Å²) in [6, 6.07) is 0. The summed E-state index contributed by atoms with van der Waals surface area (Å²) in [5.41, 5.74) is 4.94. The number of amidine groups is 1. The van der Waals surface area contributed by atoms with Crippen molar-refractivity contribution in [1.82, 2.24) is 4.90 Å². The molecule has 3 fully saturated rings. The summed E-state index contributed by atoms with van der Waals surface area (Å²) in [6.45, 7) is 5.08. The summed E-state index contributed by atoms with van der Waals surface area (Å²) >= 11 is 1.28. The van der Waals surface area contributed by atoms with Gasteiger partial charge in [-0.1, -0.05) is 30.3 Å². The molecule has 41 heavy (non-hydrogen) atoms. The number of hydrogen-bond donors (Lipinski definition) is 2. The SMILES string of the molecule is CCC(CC(=O)/C(=N\OC1(C(C)=O)CC1)C1=CCSC(N)=N1)[C@@H]1C(=O)CC(C(C)S(=O)(=O)O)[C@@H]1CN1CCOC1=O. The summed E-state index contributed by atoms with van der Waals surface area (Å²) in [5.74, 6) is -3.14. The second kappa shape index (κ2) is 12.2. The molecule has 0 aromatic rings. The van der Waals surface area contributed by atoms with Crippen LogP contribution in [0.15, 0.2) is 21.9 Å². The molecule has 0 aromatic carbocycles. The van der Waals surface area contributed by atoms with Gasteiger partial charge in [-0.3, -0.25) is 18.9 Å². The standard InChI is InChI=1S/C26H36N4O9S2/c1-4-16(11-21(33)23(19-5-10-40-24(27)28-19)29-39-26(6-7-26)15(3)31)22-18(13-30-8-9-38-25(30)34)17(12-20(22)32)14(2)41(35,36)37/h5,14,16-18,22H,4,6-13H2,1-3H3,(H2,27,28)(H,35,36,37)/b29-23-/t14?,16?,17?,18-,22-/m0/s1. The Balaban J connectivity index is 1.63. The zero-order valence-corrected chi connectivity index (χ0v) is 24.9. The minimum Gasteiger partial charge on any atom is -0.448 e. The number of ether oxygens (including phenoxy) is 1. The number of Topliss-reactive ketones (excluding diaryl/α,β-unsaturated/α-hetero) is 3. The van der Waals surface area contributed by atoms with Crippen molar-refractivity contribution in [3.05, 3.63) is 11.8 Å². The number of hydrogen-bond acceptors (Lipinski definition) is 12. The lowest BCUT2D eigenvalue weighted by atomic mass is 9.76. The van der Waals surface area contributed by atoms with E-state index < -0.39 is 56.5 Å². The van der Waals surface area contributed by atoms with Crippen LogP contribution in [0.3, 0.4) is 0 Å². The normalized spacial score (nSPS) is 27.6. The van der Waals surface area contributed by atoms with E-state index in [1.54, 1.807) is 6.08 Å². The summed E-state index contributed by atoms with van der Waals surface area (Å²) in [4.78, 5) is 62.8. The quantitative estimate of drug-likeness (QED) is 0.175. The zero-order valence-electron chi connectivity index (χ0n) is 23.3. The van der Waals surface area contributed by atoms with E-state index in [1.807, 2.05) is 6.92 Å². The summed E-state index contributed by atoms with van der Waals surface area (Å²) in [7, 11) is -4.48. The molecule has 3 N–H and O–H groups in total. The molecule has 2 saturated carbocycles. The number of carbonyl (C=O) groups is 4. The lowest BCUT2D eigenvalue weighted by Crippen LogP contribution is -2.41. The van der Waals surface area contributed by atoms with Crippen LogP contribution in [0.5, 0.6) is 0 Å². The van der Waals surface area contributed by atoms with Gasteiger partial charge < -0.3 is 20.2 Å². The Morgan fingerprint density at radius 1 is 1.37 bits per heavy atom. The molecule has 1 saturated heterocycles. The third kappa shape index (κ3) is 6.83. The second-order valence-corrected chi connectivity index (χ2v) is 13.8. The van der Waals surface area contributed by atoms with Crippen molar-refractivity contribution in [2.75, 3.05) is 25.4 Å². The monoisotopic (exact) mass is 612 g/mol. The zero-order chi connectivity index (χ0) is 30.1. The molecular weight excluding hydrogens is 576 g/mol. The fourth-order valence-corrected chi connectivity index (χ4v) is 7.19. The molecule has 0 spiro atoms. The first-order valence-corrected chi connectivity index (χ1v) is 16.1. The van der Waals surface area contributed by atoms with Crippen LogP contribution in [-0.4, -0.2) is 88.5 Å². The molecule has 3 unspecified atom stereocenters. The fraction of sp³-hybridized carbons (Fsp3) is 0.692. The Morgan fingerprint density at radius 3 is 2.61 bits per heavy atom. The van der Waals surface area contributed by atoms with Crippen LogP contribution >= 0.6 is 11.8 Å². The van der Waals surface area contributed by atoms with Gasteiger partial charge in [-0.25, -0.2) is 9.79 Å². The Labute approximate surface area is 243 Å².